The Kier molecular flexibility index (Phi) is 3.58. The van der Waals surface area contributed by atoms with Gasteiger partial charge in [-0.05, 0) is 43.0 Å². The highest BCUT2D eigenvalue weighted by Gasteiger charge is 2.24. The van der Waals surface area contributed by atoms with E-state index < -0.39 is 0 Å². The van der Waals surface area contributed by atoms with Crippen LogP contribution in [0.3, 0.4) is 0 Å². The van der Waals surface area contributed by atoms with Crippen LogP contribution in [0, 0.1) is 0 Å². The molecule has 0 radical (unpaired) electrons. The lowest BCUT2D eigenvalue weighted by Gasteiger charge is -2.11. The molecule has 1 aliphatic heterocycles. The van der Waals surface area contributed by atoms with Crippen molar-refractivity contribution in [1.82, 2.24) is 19.7 Å². The van der Waals surface area contributed by atoms with Crippen LogP contribution in [0.2, 0.25) is 0 Å². The van der Waals surface area contributed by atoms with E-state index >= 15 is 0 Å². The van der Waals surface area contributed by atoms with Gasteiger partial charge in [-0.15, -0.1) is 0 Å². The molecule has 1 aromatic carbocycles. The monoisotopic (exact) mass is 350 g/mol. The Morgan fingerprint density at radius 1 is 1.31 bits per heavy atom. The van der Waals surface area contributed by atoms with Crippen molar-refractivity contribution >= 4 is 11.0 Å². The maximum absolute atomic E-state index is 12.8. The largest absolute Gasteiger partial charge is 0.493 e. The summed E-state index contributed by atoms with van der Waals surface area (Å²) >= 11 is 0. The van der Waals surface area contributed by atoms with Crippen molar-refractivity contribution in [2.75, 3.05) is 6.61 Å². The van der Waals surface area contributed by atoms with Crippen LogP contribution in [0.5, 0.6) is 5.75 Å². The number of hydrogen-bond acceptors (Lipinski definition) is 4. The molecule has 6 heteroatoms. The Labute approximate surface area is 151 Å². The number of rotatable bonds is 3. The van der Waals surface area contributed by atoms with E-state index in [1.807, 2.05) is 23.7 Å². The van der Waals surface area contributed by atoms with Gasteiger partial charge < -0.3 is 9.72 Å². The van der Waals surface area contributed by atoms with Crippen molar-refractivity contribution < 1.29 is 4.74 Å². The summed E-state index contributed by atoms with van der Waals surface area (Å²) in [4.78, 5) is 20.7. The van der Waals surface area contributed by atoms with E-state index in [4.69, 9.17) is 14.8 Å². The zero-order chi connectivity index (χ0) is 17.7. The lowest BCUT2D eigenvalue weighted by molar-refractivity contribution is 0.357. The van der Waals surface area contributed by atoms with Gasteiger partial charge in [0.05, 0.1) is 18.3 Å². The van der Waals surface area contributed by atoms with Crippen LogP contribution in [0.1, 0.15) is 49.9 Å². The molecule has 0 bridgehead atoms. The van der Waals surface area contributed by atoms with Gasteiger partial charge in [-0.2, -0.15) is 5.10 Å². The number of benzene rings is 1. The van der Waals surface area contributed by atoms with Crippen LogP contribution in [-0.4, -0.2) is 26.4 Å². The number of nitrogens with zero attached hydrogens (tertiary/aromatic N) is 3. The summed E-state index contributed by atoms with van der Waals surface area (Å²) in [6, 6.07) is 6.36. The van der Waals surface area contributed by atoms with Gasteiger partial charge in [-0.1, -0.05) is 19.8 Å². The average molecular weight is 350 g/mol. The fourth-order valence-corrected chi connectivity index (χ4v) is 4.24. The first-order chi connectivity index (χ1) is 12.7. The number of hydrogen-bond donors (Lipinski definition) is 1. The topological polar surface area (TPSA) is 72.8 Å². The fourth-order valence-electron chi connectivity index (χ4n) is 4.24. The highest BCUT2D eigenvalue weighted by Crippen LogP contribution is 2.33. The average Bonchev–Trinajstić information content (AvgIpc) is 3.39. The van der Waals surface area contributed by atoms with Gasteiger partial charge in [-0.3, -0.25) is 4.79 Å². The Morgan fingerprint density at radius 3 is 2.96 bits per heavy atom. The number of H-pyrrole nitrogens is 1. The van der Waals surface area contributed by atoms with E-state index in [1.165, 1.54) is 18.4 Å². The number of ether oxygens (including phenoxy) is 1. The molecule has 26 heavy (non-hydrogen) atoms. The molecule has 5 rings (SSSR count). The predicted octanol–water partition coefficient (Wildman–Crippen LogP) is 3.40. The molecular formula is C20H22N4O2. The maximum atomic E-state index is 12.8. The molecule has 3 aromatic rings. The molecule has 1 saturated carbocycles. The highest BCUT2D eigenvalue weighted by molar-refractivity contribution is 5.79. The Balaban J connectivity index is 1.70. The third-order valence-electron chi connectivity index (χ3n) is 5.60. The molecule has 1 N–H and O–H groups in total. The Bertz CT molecular complexity index is 1040. The van der Waals surface area contributed by atoms with E-state index in [-0.39, 0.29) is 5.56 Å². The summed E-state index contributed by atoms with van der Waals surface area (Å²) in [5.74, 6) is 1.54. The first-order valence-corrected chi connectivity index (χ1v) is 9.52. The molecule has 0 saturated heterocycles. The second-order valence-electron chi connectivity index (χ2n) is 7.22. The van der Waals surface area contributed by atoms with Crippen molar-refractivity contribution in [2.24, 2.45) is 0 Å². The minimum absolute atomic E-state index is 0.0946. The van der Waals surface area contributed by atoms with Gasteiger partial charge in [0.25, 0.3) is 5.56 Å². The normalized spacial score (nSPS) is 17.0. The van der Waals surface area contributed by atoms with Gasteiger partial charge in [0.2, 0.25) is 0 Å². The van der Waals surface area contributed by atoms with E-state index in [2.05, 4.69) is 11.1 Å². The molecule has 6 nitrogen and oxygen atoms in total. The van der Waals surface area contributed by atoms with E-state index in [1.54, 1.807) is 0 Å². The molecular weight excluding hydrogens is 328 g/mol. The molecule has 2 aliphatic rings. The summed E-state index contributed by atoms with van der Waals surface area (Å²) in [5, 5.41) is 5.40. The van der Waals surface area contributed by atoms with Crippen molar-refractivity contribution in [3.63, 3.8) is 0 Å². The van der Waals surface area contributed by atoms with Gasteiger partial charge in [0, 0.05) is 12.0 Å². The zero-order valence-electron chi connectivity index (χ0n) is 14.9. The number of aromatic amines is 1. The lowest BCUT2D eigenvalue weighted by atomic mass is 10.1. The molecule has 0 unspecified atom stereocenters. The molecule has 1 aliphatic carbocycles. The van der Waals surface area contributed by atoms with Crippen molar-refractivity contribution in [2.45, 2.75) is 51.5 Å². The smallest absolute Gasteiger partial charge is 0.262 e. The minimum atomic E-state index is -0.0946. The van der Waals surface area contributed by atoms with Crippen molar-refractivity contribution in [1.29, 1.82) is 0 Å². The molecule has 2 aromatic heterocycles. The molecule has 1 fully saturated rings. The summed E-state index contributed by atoms with van der Waals surface area (Å²) < 4.78 is 7.59. The van der Waals surface area contributed by atoms with Gasteiger partial charge in [0.1, 0.15) is 17.0 Å². The number of nitrogens with one attached hydrogen (secondary N) is 1. The first kappa shape index (κ1) is 15.6. The van der Waals surface area contributed by atoms with Crippen molar-refractivity contribution in [3.05, 3.63) is 39.8 Å². The molecule has 0 spiro atoms. The quantitative estimate of drug-likeness (QED) is 0.786. The third kappa shape index (κ3) is 2.35. The second kappa shape index (κ2) is 5.97. The zero-order valence-corrected chi connectivity index (χ0v) is 14.9. The van der Waals surface area contributed by atoms with Crippen LogP contribution >= 0.6 is 0 Å². The molecule has 0 amide bonds. The molecule has 3 heterocycles. The third-order valence-corrected chi connectivity index (χ3v) is 5.60. The van der Waals surface area contributed by atoms with Crippen LogP contribution in [0.25, 0.3) is 22.4 Å². The van der Waals surface area contributed by atoms with Gasteiger partial charge >= 0.3 is 0 Å². The molecule has 0 atom stereocenters. The lowest BCUT2D eigenvalue weighted by Crippen LogP contribution is -2.12. The fraction of sp³-hybridized carbons (Fsp3) is 0.450. The highest BCUT2D eigenvalue weighted by atomic mass is 16.5. The standard InChI is InChI=1S/C20H22N4O2/c1-2-15-17-19(24(23-15)14-5-3-4-6-14)21-18(22-20(17)25)13-7-8-16-12(11-13)9-10-26-16/h7-8,11,14H,2-6,9-10H2,1H3,(H,21,22,25). The maximum Gasteiger partial charge on any atom is 0.262 e. The van der Waals surface area contributed by atoms with Crippen LogP contribution in [0.15, 0.2) is 23.0 Å². The summed E-state index contributed by atoms with van der Waals surface area (Å²) in [7, 11) is 0. The first-order valence-electron chi connectivity index (χ1n) is 9.52. The number of fused-ring (bicyclic) bond motifs is 2. The number of aryl methyl sites for hydroxylation is 1. The van der Waals surface area contributed by atoms with Crippen LogP contribution in [0.4, 0.5) is 0 Å². The predicted molar refractivity (Wildman–Crippen MR) is 99.7 cm³/mol. The summed E-state index contributed by atoms with van der Waals surface area (Å²) in [5.41, 5.74) is 3.57. The van der Waals surface area contributed by atoms with E-state index in [0.717, 1.165) is 54.9 Å². The van der Waals surface area contributed by atoms with Crippen molar-refractivity contribution in [3.8, 4) is 17.1 Å². The second-order valence-corrected chi connectivity index (χ2v) is 7.22. The van der Waals surface area contributed by atoms with Crippen LogP contribution < -0.4 is 10.3 Å². The SMILES string of the molecule is CCc1nn(C2CCCC2)c2nc(-c3ccc4c(c3)CCO4)[nH]c(=O)c12. The van der Waals surface area contributed by atoms with Crippen LogP contribution in [-0.2, 0) is 12.8 Å². The summed E-state index contributed by atoms with van der Waals surface area (Å²) in [6.07, 6.45) is 6.29. The minimum Gasteiger partial charge on any atom is -0.493 e. The van der Waals surface area contributed by atoms with E-state index in [9.17, 15) is 4.79 Å². The van der Waals surface area contributed by atoms with Gasteiger partial charge in [0.15, 0.2) is 5.65 Å². The van der Waals surface area contributed by atoms with Gasteiger partial charge in [-0.25, -0.2) is 9.67 Å². The Hall–Kier alpha value is -2.63. The molecule has 134 valence electrons. The summed E-state index contributed by atoms with van der Waals surface area (Å²) in [6.45, 7) is 2.75. The Morgan fingerprint density at radius 2 is 2.15 bits per heavy atom. The number of aromatic nitrogens is 4. The van der Waals surface area contributed by atoms with E-state index in [0.29, 0.717) is 17.3 Å².